The highest BCUT2D eigenvalue weighted by Crippen LogP contribution is 2.31. The summed E-state index contributed by atoms with van der Waals surface area (Å²) in [5.74, 6) is 0.824. The van der Waals surface area contributed by atoms with Crippen LogP contribution in [0.25, 0.3) is 11.0 Å². The van der Waals surface area contributed by atoms with Gasteiger partial charge in [0, 0.05) is 23.7 Å². The van der Waals surface area contributed by atoms with Crippen LogP contribution in [0.5, 0.6) is 5.75 Å². The van der Waals surface area contributed by atoms with Crippen LogP contribution in [0, 0.1) is 0 Å². The highest BCUT2D eigenvalue weighted by atomic mass is 35.5. The number of fused-ring (bicyclic) bond motifs is 1. The standard InChI is InChI=1S/C18H19Cl2N3O/c1-2-3-8-23-16-7-5-4-6-15(16)22-18(23)21-11-12-9-13(19)10-14(20)17(12)24/h4-7,9-10,24H,2-3,8,11H2,1H3,(H,21,22). The van der Waals surface area contributed by atoms with Crippen molar-refractivity contribution in [2.45, 2.75) is 32.9 Å². The molecule has 1 aromatic heterocycles. The topological polar surface area (TPSA) is 50.1 Å². The number of anilines is 1. The number of aromatic hydroxyl groups is 1. The molecule has 0 aliphatic rings. The normalized spacial score (nSPS) is 11.1. The zero-order valence-electron chi connectivity index (χ0n) is 13.4. The van der Waals surface area contributed by atoms with Crippen molar-refractivity contribution in [2.24, 2.45) is 0 Å². The monoisotopic (exact) mass is 363 g/mol. The SMILES string of the molecule is CCCCn1c(NCc2cc(Cl)cc(Cl)c2O)nc2ccccc21. The number of hydrogen-bond donors (Lipinski definition) is 2. The quantitative estimate of drug-likeness (QED) is 0.611. The number of para-hydroxylation sites is 2. The Hall–Kier alpha value is -1.91. The van der Waals surface area contributed by atoms with E-state index in [2.05, 4.69) is 27.9 Å². The lowest BCUT2D eigenvalue weighted by Gasteiger charge is -2.12. The average Bonchev–Trinajstić information content (AvgIpc) is 2.92. The van der Waals surface area contributed by atoms with Crippen LogP contribution in [-0.4, -0.2) is 14.7 Å². The summed E-state index contributed by atoms with van der Waals surface area (Å²) in [5, 5.41) is 14.1. The van der Waals surface area contributed by atoms with E-state index in [0.717, 1.165) is 36.4 Å². The molecule has 0 aliphatic heterocycles. The van der Waals surface area contributed by atoms with Gasteiger partial charge in [-0.15, -0.1) is 0 Å². The number of rotatable bonds is 6. The molecule has 0 unspecified atom stereocenters. The van der Waals surface area contributed by atoms with E-state index in [4.69, 9.17) is 23.2 Å². The summed E-state index contributed by atoms with van der Waals surface area (Å²) in [6, 6.07) is 11.3. The van der Waals surface area contributed by atoms with E-state index in [1.54, 1.807) is 6.07 Å². The van der Waals surface area contributed by atoms with E-state index in [1.807, 2.05) is 18.2 Å². The highest BCUT2D eigenvalue weighted by molar-refractivity contribution is 6.35. The van der Waals surface area contributed by atoms with E-state index in [9.17, 15) is 5.11 Å². The van der Waals surface area contributed by atoms with Crippen LogP contribution in [0.4, 0.5) is 5.95 Å². The van der Waals surface area contributed by atoms with E-state index in [1.165, 1.54) is 6.07 Å². The van der Waals surface area contributed by atoms with Gasteiger partial charge < -0.3 is 15.0 Å². The van der Waals surface area contributed by atoms with E-state index in [-0.39, 0.29) is 10.8 Å². The molecule has 3 rings (SSSR count). The van der Waals surface area contributed by atoms with Crippen LogP contribution in [0.15, 0.2) is 36.4 Å². The van der Waals surface area contributed by atoms with Gasteiger partial charge in [-0.3, -0.25) is 0 Å². The first-order chi connectivity index (χ1) is 11.6. The third kappa shape index (κ3) is 3.45. The Kier molecular flexibility index (Phi) is 5.17. The van der Waals surface area contributed by atoms with Gasteiger partial charge in [0.2, 0.25) is 5.95 Å². The summed E-state index contributed by atoms with van der Waals surface area (Å²) >= 11 is 12.0. The van der Waals surface area contributed by atoms with Gasteiger partial charge >= 0.3 is 0 Å². The third-order valence-electron chi connectivity index (χ3n) is 3.93. The zero-order chi connectivity index (χ0) is 17.1. The van der Waals surface area contributed by atoms with E-state index >= 15 is 0 Å². The number of imidazole rings is 1. The van der Waals surface area contributed by atoms with Crippen LogP contribution in [0.3, 0.4) is 0 Å². The molecule has 0 saturated carbocycles. The molecule has 6 heteroatoms. The Labute approximate surface area is 151 Å². The number of unbranched alkanes of at least 4 members (excludes halogenated alkanes) is 1. The predicted molar refractivity (Wildman–Crippen MR) is 100 cm³/mol. The fourth-order valence-electron chi connectivity index (χ4n) is 2.68. The van der Waals surface area contributed by atoms with Crippen LogP contribution in [0.1, 0.15) is 25.3 Å². The molecule has 0 amide bonds. The maximum Gasteiger partial charge on any atom is 0.204 e. The van der Waals surface area contributed by atoms with Crippen LogP contribution < -0.4 is 5.32 Å². The van der Waals surface area contributed by atoms with Gasteiger partial charge in [0.25, 0.3) is 0 Å². The number of aromatic nitrogens is 2. The Balaban J connectivity index is 1.90. The molecule has 2 N–H and O–H groups in total. The highest BCUT2D eigenvalue weighted by Gasteiger charge is 2.12. The summed E-state index contributed by atoms with van der Waals surface area (Å²) in [6.07, 6.45) is 2.18. The molecule has 2 aromatic carbocycles. The molecular weight excluding hydrogens is 345 g/mol. The van der Waals surface area contributed by atoms with Crippen LogP contribution in [-0.2, 0) is 13.1 Å². The van der Waals surface area contributed by atoms with Gasteiger partial charge in [0.1, 0.15) is 5.75 Å². The van der Waals surface area contributed by atoms with Crippen molar-refractivity contribution < 1.29 is 5.11 Å². The molecule has 1 heterocycles. The Morgan fingerprint density at radius 2 is 2.00 bits per heavy atom. The van der Waals surface area contributed by atoms with Gasteiger partial charge in [-0.1, -0.05) is 48.7 Å². The summed E-state index contributed by atoms with van der Waals surface area (Å²) in [6.45, 7) is 3.45. The van der Waals surface area contributed by atoms with Crippen molar-refractivity contribution in [3.63, 3.8) is 0 Å². The van der Waals surface area contributed by atoms with Gasteiger partial charge in [0.15, 0.2) is 0 Å². The number of nitrogens with zero attached hydrogens (tertiary/aromatic N) is 2. The minimum absolute atomic E-state index is 0.0461. The van der Waals surface area contributed by atoms with Gasteiger partial charge in [-0.05, 0) is 30.7 Å². The molecular formula is C18H19Cl2N3O. The Bertz CT molecular complexity index is 861. The molecule has 0 atom stereocenters. The number of hydrogen-bond acceptors (Lipinski definition) is 3. The number of nitrogens with one attached hydrogen (secondary N) is 1. The zero-order valence-corrected chi connectivity index (χ0v) is 14.9. The molecule has 0 radical (unpaired) electrons. The minimum atomic E-state index is 0.0461. The first kappa shape index (κ1) is 16.9. The summed E-state index contributed by atoms with van der Waals surface area (Å²) in [4.78, 5) is 4.66. The van der Waals surface area contributed by atoms with Gasteiger partial charge in [0.05, 0.1) is 16.1 Å². The number of halogens is 2. The minimum Gasteiger partial charge on any atom is -0.506 e. The average molecular weight is 364 g/mol. The fourth-order valence-corrected chi connectivity index (χ4v) is 3.22. The maximum atomic E-state index is 10.1. The van der Waals surface area contributed by atoms with Crippen molar-refractivity contribution in [1.82, 2.24) is 9.55 Å². The van der Waals surface area contributed by atoms with Crippen molar-refractivity contribution in [3.8, 4) is 5.75 Å². The maximum absolute atomic E-state index is 10.1. The molecule has 0 fully saturated rings. The van der Waals surface area contributed by atoms with Gasteiger partial charge in [-0.25, -0.2) is 4.98 Å². The lowest BCUT2D eigenvalue weighted by molar-refractivity contribution is 0.469. The van der Waals surface area contributed by atoms with Crippen molar-refractivity contribution in [1.29, 1.82) is 0 Å². The molecule has 0 bridgehead atoms. The first-order valence-electron chi connectivity index (χ1n) is 7.96. The first-order valence-corrected chi connectivity index (χ1v) is 8.71. The lowest BCUT2D eigenvalue weighted by atomic mass is 10.2. The molecule has 4 nitrogen and oxygen atoms in total. The molecule has 24 heavy (non-hydrogen) atoms. The fraction of sp³-hybridized carbons (Fsp3) is 0.278. The van der Waals surface area contributed by atoms with Crippen molar-refractivity contribution in [3.05, 3.63) is 52.0 Å². The van der Waals surface area contributed by atoms with Crippen LogP contribution >= 0.6 is 23.2 Å². The largest absolute Gasteiger partial charge is 0.506 e. The second-order valence-corrected chi connectivity index (χ2v) is 6.52. The summed E-state index contributed by atoms with van der Waals surface area (Å²) in [7, 11) is 0. The molecule has 0 spiro atoms. The smallest absolute Gasteiger partial charge is 0.204 e. The predicted octanol–water partition coefficient (Wildman–Crippen LogP) is 5.46. The number of phenols is 1. The second-order valence-electron chi connectivity index (χ2n) is 5.68. The van der Waals surface area contributed by atoms with Crippen LogP contribution in [0.2, 0.25) is 10.0 Å². The molecule has 3 aromatic rings. The van der Waals surface area contributed by atoms with Crippen molar-refractivity contribution >= 4 is 40.2 Å². The molecule has 0 saturated heterocycles. The van der Waals surface area contributed by atoms with E-state index in [0.29, 0.717) is 17.1 Å². The lowest BCUT2D eigenvalue weighted by Crippen LogP contribution is -2.08. The molecule has 126 valence electrons. The van der Waals surface area contributed by atoms with E-state index < -0.39 is 0 Å². The number of aryl methyl sites for hydroxylation is 1. The Morgan fingerprint density at radius 3 is 2.79 bits per heavy atom. The second kappa shape index (κ2) is 7.32. The van der Waals surface area contributed by atoms with Crippen molar-refractivity contribution in [2.75, 3.05) is 5.32 Å². The number of benzene rings is 2. The Morgan fingerprint density at radius 1 is 1.21 bits per heavy atom. The third-order valence-corrected chi connectivity index (χ3v) is 4.44. The summed E-state index contributed by atoms with van der Waals surface area (Å²) < 4.78 is 2.17. The molecule has 0 aliphatic carbocycles. The summed E-state index contributed by atoms with van der Waals surface area (Å²) in [5.41, 5.74) is 2.69. The van der Waals surface area contributed by atoms with Gasteiger partial charge in [-0.2, -0.15) is 0 Å². The number of phenolic OH excluding ortho intramolecular Hbond substituents is 1.